The fraction of sp³-hybridized carbons (Fsp3) is 0.429. The van der Waals surface area contributed by atoms with Crippen molar-refractivity contribution in [2.75, 3.05) is 52.7 Å². The van der Waals surface area contributed by atoms with Gasteiger partial charge in [0.05, 0.1) is 62.8 Å². The maximum atomic E-state index is 11.4. The summed E-state index contributed by atoms with van der Waals surface area (Å²) in [6.45, 7) is 6.42. The summed E-state index contributed by atoms with van der Waals surface area (Å²) < 4.78 is 15.9. The van der Waals surface area contributed by atoms with E-state index in [1.54, 1.807) is 24.3 Å². The summed E-state index contributed by atoms with van der Waals surface area (Å²) in [5.41, 5.74) is 1.53. The van der Waals surface area contributed by atoms with Crippen molar-refractivity contribution in [3.8, 4) is 11.5 Å². The molecule has 0 unspecified atom stereocenters. The van der Waals surface area contributed by atoms with Crippen LogP contribution in [0.5, 0.6) is 11.5 Å². The van der Waals surface area contributed by atoms with Crippen molar-refractivity contribution >= 4 is 46.4 Å². The summed E-state index contributed by atoms with van der Waals surface area (Å²) in [5, 5.41) is 23.5. The Hall–Kier alpha value is -0.960. The van der Waals surface area contributed by atoms with Gasteiger partial charge in [-0.3, -0.25) is 0 Å². The maximum absolute atomic E-state index is 11.4. The van der Waals surface area contributed by atoms with Crippen LogP contribution in [-0.2, 0) is 20.6 Å². The van der Waals surface area contributed by atoms with Crippen molar-refractivity contribution in [2.45, 2.75) is 6.42 Å². The lowest BCUT2D eigenvalue weighted by atomic mass is 10.0. The molecular weight excluding hydrogens is 488 g/mol. The smallest absolute Gasteiger partial charge is 0.152 e. The zero-order valence-electron chi connectivity index (χ0n) is 16.8. The molecule has 3 N–H and O–H groups in total. The van der Waals surface area contributed by atoms with Gasteiger partial charge in [0.25, 0.3) is 0 Å². The molecule has 172 valence electrons. The lowest BCUT2D eigenvalue weighted by molar-refractivity contribution is -0.657. The molecule has 0 bridgehead atoms. The Kier molecular flexibility index (Phi) is 12.1. The molecule has 31 heavy (non-hydrogen) atoms. The van der Waals surface area contributed by atoms with E-state index in [4.69, 9.17) is 60.6 Å². The number of rotatable bonds is 2. The van der Waals surface area contributed by atoms with E-state index < -0.39 is 5.75 Å². The molecule has 1 saturated heterocycles. The van der Waals surface area contributed by atoms with E-state index in [2.05, 4.69) is 5.32 Å². The van der Waals surface area contributed by atoms with E-state index in [1.165, 1.54) is 0 Å². The predicted molar refractivity (Wildman–Crippen MR) is 121 cm³/mol. The largest absolute Gasteiger partial charge is 0.870 e. The first-order valence-corrected chi connectivity index (χ1v) is 11.3. The Labute approximate surface area is 201 Å². The number of benzene rings is 2. The van der Waals surface area contributed by atoms with Crippen LogP contribution >= 0.6 is 46.4 Å². The minimum Gasteiger partial charge on any atom is -0.870 e. The lowest BCUT2D eigenvalue weighted by Crippen LogP contribution is -2.86. The van der Waals surface area contributed by atoms with Gasteiger partial charge >= 0.3 is 0 Å². The van der Waals surface area contributed by atoms with E-state index in [0.29, 0.717) is 32.8 Å². The molecule has 2 aromatic carbocycles. The SMILES string of the molecule is C1COCCOCCOCC[NH2+]1.[O-]c1c(Cl)cc(Cc2cc(Cl)c(O)c(Cl)c2)cc1Cl. The first kappa shape index (κ1) is 26.3. The minimum absolute atomic E-state index is 0.0680. The molecule has 1 aliphatic rings. The molecule has 0 amide bonds. The van der Waals surface area contributed by atoms with Gasteiger partial charge in [-0.2, -0.15) is 0 Å². The molecule has 1 aliphatic heterocycles. The summed E-state index contributed by atoms with van der Waals surface area (Å²) >= 11 is 23.2. The van der Waals surface area contributed by atoms with Gasteiger partial charge in [0, 0.05) is 10.0 Å². The second-order valence-corrected chi connectivity index (χ2v) is 8.31. The van der Waals surface area contributed by atoms with Crippen molar-refractivity contribution in [3.63, 3.8) is 0 Å². The van der Waals surface area contributed by atoms with Crippen LogP contribution in [0.25, 0.3) is 0 Å². The number of quaternary nitrogens is 1. The van der Waals surface area contributed by atoms with E-state index in [0.717, 1.165) is 37.4 Å². The van der Waals surface area contributed by atoms with Gasteiger partial charge in [0.1, 0.15) is 0 Å². The van der Waals surface area contributed by atoms with Crippen molar-refractivity contribution in [1.82, 2.24) is 0 Å². The first-order valence-electron chi connectivity index (χ1n) is 9.75. The monoisotopic (exact) mass is 511 g/mol. The van der Waals surface area contributed by atoms with E-state index in [9.17, 15) is 10.2 Å². The minimum atomic E-state index is -0.395. The highest BCUT2D eigenvalue weighted by atomic mass is 35.5. The zero-order valence-corrected chi connectivity index (χ0v) is 19.9. The molecule has 0 atom stereocenters. The predicted octanol–water partition coefficient (Wildman–Crippen LogP) is 3.28. The second kappa shape index (κ2) is 14.2. The van der Waals surface area contributed by atoms with Crippen LogP contribution < -0.4 is 10.4 Å². The Morgan fingerprint density at radius 1 is 0.710 bits per heavy atom. The summed E-state index contributed by atoms with van der Waals surface area (Å²) in [4.78, 5) is 0. The van der Waals surface area contributed by atoms with Crippen LogP contribution in [0.2, 0.25) is 20.1 Å². The Balaban J connectivity index is 0.000000245. The Morgan fingerprint density at radius 2 is 1.10 bits per heavy atom. The van der Waals surface area contributed by atoms with Crippen LogP contribution in [0.15, 0.2) is 24.3 Å². The summed E-state index contributed by atoms with van der Waals surface area (Å²) in [6.07, 6.45) is 0.444. The van der Waals surface area contributed by atoms with Crippen LogP contribution in [0.1, 0.15) is 11.1 Å². The highest BCUT2D eigenvalue weighted by Gasteiger charge is 2.08. The average molecular weight is 513 g/mol. The van der Waals surface area contributed by atoms with Crippen molar-refractivity contribution in [1.29, 1.82) is 0 Å². The number of ether oxygens (including phenoxy) is 3. The van der Waals surface area contributed by atoms with Gasteiger partial charge in [0.2, 0.25) is 0 Å². The first-order chi connectivity index (χ1) is 14.9. The van der Waals surface area contributed by atoms with Gasteiger partial charge < -0.3 is 29.7 Å². The Morgan fingerprint density at radius 3 is 1.55 bits per heavy atom. The molecule has 1 heterocycles. The topological polar surface area (TPSA) is 87.6 Å². The molecule has 2 aromatic rings. The number of aromatic hydroxyl groups is 1. The molecule has 0 spiro atoms. The maximum Gasteiger partial charge on any atom is 0.152 e. The third kappa shape index (κ3) is 9.60. The number of nitrogens with two attached hydrogens (primary N) is 1. The molecule has 0 aromatic heterocycles. The van der Waals surface area contributed by atoms with Crippen LogP contribution in [0.3, 0.4) is 0 Å². The van der Waals surface area contributed by atoms with Crippen molar-refractivity contribution in [2.24, 2.45) is 0 Å². The fourth-order valence-corrected chi connectivity index (χ4v) is 3.75. The van der Waals surface area contributed by atoms with E-state index in [1.807, 2.05) is 0 Å². The lowest BCUT2D eigenvalue weighted by Gasteiger charge is -2.13. The quantitative estimate of drug-likeness (QED) is 0.644. The molecule has 0 aliphatic carbocycles. The van der Waals surface area contributed by atoms with Gasteiger partial charge in [-0.1, -0.05) is 52.2 Å². The zero-order chi connectivity index (χ0) is 22.6. The molecule has 6 nitrogen and oxygen atoms in total. The highest BCUT2D eigenvalue weighted by Crippen LogP contribution is 2.35. The summed E-state index contributed by atoms with van der Waals surface area (Å²) in [5.74, 6) is -0.549. The van der Waals surface area contributed by atoms with Crippen LogP contribution in [0, 0.1) is 0 Å². The number of hydrogen-bond acceptors (Lipinski definition) is 5. The number of phenols is 1. The third-order valence-corrected chi connectivity index (χ3v) is 5.36. The highest BCUT2D eigenvalue weighted by molar-refractivity contribution is 6.37. The van der Waals surface area contributed by atoms with Crippen molar-refractivity contribution < 1.29 is 29.7 Å². The van der Waals surface area contributed by atoms with Crippen molar-refractivity contribution in [3.05, 3.63) is 55.5 Å². The van der Waals surface area contributed by atoms with Gasteiger partial charge in [0.15, 0.2) is 5.75 Å². The molecule has 3 rings (SSSR count). The molecular formula is C21H25Cl4NO5. The summed E-state index contributed by atoms with van der Waals surface area (Å²) in [7, 11) is 0. The molecule has 0 saturated carbocycles. The fourth-order valence-electron chi connectivity index (χ4n) is 2.69. The van der Waals surface area contributed by atoms with Crippen LogP contribution in [-0.4, -0.2) is 57.8 Å². The third-order valence-electron chi connectivity index (χ3n) is 4.22. The number of phenolic OH excluding ortho intramolecular Hbond substituents is 1. The van der Waals surface area contributed by atoms with Crippen LogP contribution in [0.4, 0.5) is 0 Å². The van der Waals surface area contributed by atoms with Gasteiger partial charge in [-0.15, -0.1) is 0 Å². The summed E-state index contributed by atoms with van der Waals surface area (Å²) in [6, 6.07) is 6.28. The van der Waals surface area contributed by atoms with Gasteiger partial charge in [-0.25, -0.2) is 0 Å². The average Bonchev–Trinajstić information content (AvgIpc) is 2.71. The molecule has 10 heteroatoms. The number of halogens is 4. The van der Waals surface area contributed by atoms with Gasteiger partial charge in [-0.05, 0) is 41.8 Å². The Bertz CT molecular complexity index is 693. The second-order valence-electron chi connectivity index (χ2n) is 6.68. The van der Waals surface area contributed by atoms with E-state index in [-0.39, 0.29) is 25.8 Å². The molecule has 0 radical (unpaired) electrons. The number of hydrogen-bond donors (Lipinski definition) is 2. The van der Waals surface area contributed by atoms with E-state index >= 15 is 0 Å². The normalized spacial score (nSPS) is 15.9. The standard InChI is InChI=1S/C13H8Cl4O2.C8H17NO3/c14-8-2-6(3-9(15)12(8)18)1-7-4-10(16)13(19)11(17)5-7;1-3-10-5-7-12-8-6-11-4-2-9-1/h2-5,18-19H,1H2;9H,1-8H2. The molecule has 1 fully saturated rings.